The third-order valence-electron chi connectivity index (χ3n) is 4.38. The number of aryl methyl sites for hydroxylation is 1. The van der Waals surface area contributed by atoms with E-state index in [2.05, 4.69) is 38.1 Å². The van der Waals surface area contributed by atoms with Gasteiger partial charge in [-0.1, -0.05) is 77.3 Å². The Kier molecular flexibility index (Phi) is 13.6. The van der Waals surface area contributed by atoms with Crippen molar-refractivity contribution in [3.05, 3.63) is 29.8 Å². The number of benzene rings is 1. The molecule has 0 saturated heterocycles. The molecule has 1 aromatic carbocycles. The van der Waals surface area contributed by atoms with Gasteiger partial charge in [-0.05, 0) is 37.0 Å². The van der Waals surface area contributed by atoms with Crippen LogP contribution >= 0.6 is 0 Å². The summed E-state index contributed by atoms with van der Waals surface area (Å²) in [5, 5.41) is 0. The van der Waals surface area contributed by atoms with Gasteiger partial charge in [-0.2, -0.15) is 0 Å². The maximum Gasteiger partial charge on any atom is 0.119 e. The fraction of sp³-hybridized carbons (Fsp3) is 0.727. The highest BCUT2D eigenvalue weighted by molar-refractivity contribution is 5.27. The number of ether oxygens (including phenoxy) is 2. The fourth-order valence-corrected chi connectivity index (χ4v) is 2.81. The van der Waals surface area contributed by atoms with E-state index in [9.17, 15) is 0 Å². The van der Waals surface area contributed by atoms with Crippen LogP contribution in [0.3, 0.4) is 0 Å². The molecule has 24 heavy (non-hydrogen) atoms. The Bertz CT molecular complexity index is 372. The first-order chi connectivity index (χ1) is 11.9. The molecule has 0 spiro atoms. The molecule has 0 N–H and O–H groups in total. The summed E-state index contributed by atoms with van der Waals surface area (Å²) in [7, 11) is 0. The van der Waals surface area contributed by atoms with Crippen molar-refractivity contribution in [3.63, 3.8) is 0 Å². The molecule has 0 saturated carbocycles. The van der Waals surface area contributed by atoms with Gasteiger partial charge in [0.1, 0.15) is 12.4 Å². The maximum atomic E-state index is 5.73. The molecular formula is C22H38O2. The Morgan fingerprint density at radius 3 is 1.96 bits per heavy atom. The van der Waals surface area contributed by atoms with Gasteiger partial charge < -0.3 is 9.47 Å². The van der Waals surface area contributed by atoms with Gasteiger partial charge >= 0.3 is 0 Å². The van der Waals surface area contributed by atoms with E-state index in [-0.39, 0.29) is 0 Å². The quantitative estimate of drug-likeness (QED) is 0.318. The first kappa shape index (κ1) is 21.0. The topological polar surface area (TPSA) is 18.5 Å². The summed E-state index contributed by atoms with van der Waals surface area (Å²) in [6.45, 7) is 6.69. The molecule has 0 fully saturated rings. The van der Waals surface area contributed by atoms with E-state index in [1.165, 1.54) is 76.2 Å². The van der Waals surface area contributed by atoms with Gasteiger partial charge in [0.25, 0.3) is 0 Å². The summed E-state index contributed by atoms with van der Waals surface area (Å²) in [6.07, 6.45) is 14.4. The molecule has 0 aliphatic heterocycles. The molecule has 138 valence electrons. The van der Waals surface area contributed by atoms with Gasteiger partial charge in [-0.25, -0.2) is 0 Å². The van der Waals surface area contributed by atoms with E-state index in [4.69, 9.17) is 9.47 Å². The average molecular weight is 335 g/mol. The van der Waals surface area contributed by atoms with Gasteiger partial charge in [0.15, 0.2) is 0 Å². The predicted molar refractivity (Wildman–Crippen MR) is 104 cm³/mol. The van der Waals surface area contributed by atoms with Crippen molar-refractivity contribution in [2.45, 2.75) is 84.5 Å². The zero-order valence-electron chi connectivity index (χ0n) is 16.0. The van der Waals surface area contributed by atoms with Gasteiger partial charge in [-0.15, -0.1) is 0 Å². The van der Waals surface area contributed by atoms with Gasteiger partial charge in [0.05, 0.1) is 6.61 Å². The fourth-order valence-electron chi connectivity index (χ4n) is 2.81. The monoisotopic (exact) mass is 334 g/mol. The molecule has 0 heterocycles. The van der Waals surface area contributed by atoms with E-state index >= 15 is 0 Å². The number of unbranched alkanes of at least 4 members (excludes halogenated alkanes) is 8. The van der Waals surface area contributed by atoms with Crippen LogP contribution in [0.25, 0.3) is 0 Å². The van der Waals surface area contributed by atoms with Crippen LogP contribution in [-0.2, 0) is 11.2 Å². The minimum absolute atomic E-state index is 0.643. The molecule has 1 rings (SSSR count). The molecule has 1 aromatic rings. The van der Waals surface area contributed by atoms with E-state index < -0.39 is 0 Å². The van der Waals surface area contributed by atoms with Crippen LogP contribution in [0.15, 0.2) is 24.3 Å². The van der Waals surface area contributed by atoms with Crippen molar-refractivity contribution < 1.29 is 9.47 Å². The van der Waals surface area contributed by atoms with Gasteiger partial charge in [0.2, 0.25) is 0 Å². The first-order valence-corrected chi connectivity index (χ1v) is 10.2. The number of rotatable bonds is 16. The van der Waals surface area contributed by atoms with Gasteiger partial charge in [0, 0.05) is 6.61 Å². The summed E-state index contributed by atoms with van der Waals surface area (Å²) in [4.78, 5) is 0. The third kappa shape index (κ3) is 11.5. The molecule has 0 aliphatic rings. The minimum Gasteiger partial charge on any atom is -0.491 e. The van der Waals surface area contributed by atoms with E-state index in [1.807, 2.05) is 0 Å². The van der Waals surface area contributed by atoms with Crippen molar-refractivity contribution in [1.82, 2.24) is 0 Å². The standard InChI is InChI=1S/C22H38O2/c1-3-5-7-9-10-11-13-21-14-16-22(17-15-21)24-20-19-23-18-12-8-6-4-2/h14-17H,3-13,18-20H2,1-2H3. The van der Waals surface area contributed by atoms with Crippen LogP contribution in [0.4, 0.5) is 0 Å². The maximum absolute atomic E-state index is 5.73. The Balaban J connectivity index is 2.01. The third-order valence-corrected chi connectivity index (χ3v) is 4.38. The highest BCUT2D eigenvalue weighted by Crippen LogP contribution is 2.15. The van der Waals surface area contributed by atoms with Crippen LogP contribution < -0.4 is 4.74 Å². The lowest BCUT2D eigenvalue weighted by atomic mass is 10.0. The Morgan fingerprint density at radius 2 is 1.25 bits per heavy atom. The first-order valence-electron chi connectivity index (χ1n) is 10.2. The predicted octanol–water partition coefficient (Wildman–Crippen LogP) is 6.57. The van der Waals surface area contributed by atoms with Crippen LogP contribution in [0.1, 0.15) is 83.6 Å². The molecule has 0 unspecified atom stereocenters. The van der Waals surface area contributed by atoms with Crippen LogP contribution in [0.2, 0.25) is 0 Å². The molecule has 0 amide bonds. The summed E-state index contributed by atoms with van der Waals surface area (Å²) in [5.41, 5.74) is 1.42. The lowest BCUT2D eigenvalue weighted by Crippen LogP contribution is -2.07. The summed E-state index contributed by atoms with van der Waals surface area (Å²) >= 11 is 0. The summed E-state index contributed by atoms with van der Waals surface area (Å²) < 4.78 is 11.3. The lowest BCUT2D eigenvalue weighted by Gasteiger charge is -2.08. The summed E-state index contributed by atoms with van der Waals surface area (Å²) in [6, 6.07) is 8.58. The molecule has 0 bridgehead atoms. The second-order valence-corrected chi connectivity index (χ2v) is 6.68. The zero-order valence-corrected chi connectivity index (χ0v) is 16.0. The molecule has 0 atom stereocenters. The van der Waals surface area contributed by atoms with E-state index in [1.54, 1.807) is 0 Å². The van der Waals surface area contributed by atoms with Crippen molar-refractivity contribution in [1.29, 1.82) is 0 Å². The second-order valence-electron chi connectivity index (χ2n) is 6.68. The Labute approximate surface area is 149 Å². The summed E-state index contributed by atoms with van der Waals surface area (Å²) in [5.74, 6) is 0.955. The highest BCUT2D eigenvalue weighted by atomic mass is 16.5. The number of hydrogen-bond donors (Lipinski definition) is 0. The number of hydrogen-bond acceptors (Lipinski definition) is 2. The van der Waals surface area contributed by atoms with Gasteiger partial charge in [-0.3, -0.25) is 0 Å². The highest BCUT2D eigenvalue weighted by Gasteiger charge is 1.97. The smallest absolute Gasteiger partial charge is 0.119 e. The van der Waals surface area contributed by atoms with Crippen molar-refractivity contribution in [2.75, 3.05) is 19.8 Å². The average Bonchev–Trinajstić information content (AvgIpc) is 2.61. The molecule has 0 aliphatic carbocycles. The second kappa shape index (κ2) is 15.5. The zero-order chi connectivity index (χ0) is 17.3. The normalized spacial score (nSPS) is 10.9. The molecule has 0 aromatic heterocycles. The van der Waals surface area contributed by atoms with Crippen molar-refractivity contribution in [3.8, 4) is 5.75 Å². The minimum atomic E-state index is 0.643. The van der Waals surface area contributed by atoms with Crippen molar-refractivity contribution in [2.24, 2.45) is 0 Å². The van der Waals surface area contributed by atoms with Crippen LogP contribution in [-0.4, -0.2) is 19.8 Å². The molecule has 2 nitrogen and oxygen atoms in total. The lowest BCUT2D eigenvalue weighted by molar-refractivity contribution is 0.0971. The van der Waals surface area contributed by atoms with E-state index in [0.29, 0.717) is 13.2 Å². The molecule has 0 radical (unpaired) electrons. The van der Waals surface area contributed by atoms with Crippen LogP contribution in [0.5, 0.6) is 5.75 Å². The largest absolute Gasteiger partial charge is 0.491 e. The SMILES string of the molecule is CCCCCCCCc1ccc(OCCOCCCCCC)cc1. The molecule has 2 heteroatoms. The van der Waals surface area contributed by atoms with Crippen LogP contribution in [0, 0.1) is 0 Å². The van der Waals surface area contributed by atoms with E-state index in [0.717, 1.165) is 12.4 Å². The Hall–Kier alpha value is -1.02. The molecular weight excluding hydrogens is 296 g/mol. The van der Waals surface area contributed by atoms with Crippen molar-refractivity contribution >= 4 is 0 Å². The Morgan fingerprint density at radius 1 is 0.625 bits per heavy atom.